The van der Waals surface area contributed by atoms with Gasteiger partial charge in [-0.25, -0.2) is 0 Å². The molecule has 4 heteroatoms. The van der Waals surface area contributed by atoms with E-state index >= 15 is 0 Å². The van der Waals surface area contributed by atoms with E-state index < -0.39 is 0 Å². The molecule has 0 saturated heterocycles. The number of hydrogen-bond acceptors (Lipinski definition) is 4. The van der Waals surface area contributed by atoms with Crippen LogP contribution in [0.4, 0.5) is 0 Å². The van der Waals surface area contributed by atoms with Crippen LogP contribution in [0.15, 0.2) is 48.6 Å². The number of benzene rings is 1. The molecule has 0 aliphatic rings. The Morgan fingerprint density at radius 1 is 1.00 bits per heavy atom. The van der Waals surface area contributed by atoms with Crippen LogP contribution in [-0.2, 0) is 4.74 Å². The van der Waals surface area contributed by atoms with E-state index in [1.165, 1.54) is 19.3 Å². The molecule has 0 aliphatic heterocycles. The maximum atomic E-state index is 8.44. The first-order valence-corrected chi connectivity index (χ1v) is 10.7. The van der Waals surface area contributed by atoms with Gasteiger partial charge in [-0.05, 0) is 51.9 Å². The molecule has 168 valence electrons. The Hall–Kier alpha value is -1.46. The van der Waals surface area contributed by atoms with Gasteiger partial charge in [0.05, 0.1) is 13.2 Å². The minimum absolute atomic E-state index is 0.106. The molecule has 0 radical (unpaired) electrons. The summed E-state index contributed by atoms with van der Waals surface area (Å²) >= 11 is 0. The van der Waals surface area contributed by atoms with Crippen LogP contribution in [0.25, 0.3) is 6.08 Å². The summed E-state index contributed by atoms with van der Waals surface area (Å²) in [4.78, 5) is 2.05. The second kappa shape index (κ2) is 24.6. The minimum atomic E-state index is 0.106. The minimum Gasteiger partial charge on any atom is -0.396 e. The van der Waals surface area contributed by atoms with E-state index in [1.807, 2.05) is 69.6 Å². The van der Waals surface area contributed by atoms with Crippen molar-refractivity contribution in [1.82, 2.24) is 4.90 Å². The Kier molecular flexibility index (Phi) is 25.2. The van der Waals surface area contributed by atoms with Crippen molar-refractivity contribution in [3.63, 3.8) is 0 Å². The molecule has 0 saturated carbocycles. The Morgan fingerprint density at radius 2 is 1.69 bits per heavy atom. The molecule has 1 aromatic rings. The molecule has 2 N–H and O–H groups in total. The maximum Gasteiger partial charge on any atom is 0.0647 e. The Morgan fingerprint density at radius 3 is 2.17 bits per heavy atom. The molecular weight excluding hydrogens is 362 g/mol. The highest BCUT2D eigenvalue weighted by atomic mass is 16.5. The van der Waals surface area contributed by atoms with Crippen molar-refractivity contribution in [3.8, 4) is 0 Å². The number of ether oxygens (including phenoxy) is 1. The van der Waals surface area contributed by atoms with E-state index in [4.69, 9.17) is 14.9 Å². The third kappa shape index (κ3) is 28.8. The van der Waals surface area contributed by atoms with E-state index in [-0.39, 0.29) is 6.61 Å². The van der Waals surface area contributed by atoms with Crippen molar-refractivity contribution in [2.24, 2.45) is 5.92 Å². The van der Waals surface area contributed by atoms with Crippen molar-refractivity contribution < 1.29 is 14.9 Å². The summed E-state index contributed by atoms with van der Waals surface area (Å²) in [7, 11) is 3.99. The topological polar surface area (TPSA) is 52.9 Å². The lowest BCUT2D eigenvalue weighted by molar-refractivity contribution is 0.156. The van der Waals surface area contributed by atoms with Crippen molar-refractivity contribution >= 4 is 6.08 Å². The third-order valence-corrected chi connectivity index (χ3v) is 3.75. The number of rotatable bonds is 12. The lowest BCUT2D eigenvalue weighted by Gasteiger charge is -2.05. The molecule has 0 unspecified atom stereocenters. The van der Waals surface area contributed by atoms with Gasteiger partial charge < -0.3 is 19.8 Å². The molecule has 0 spiro atoms. The summed E-state index contributed by atoms with van der Waals surface area (Å²) in [5.41, 5.74) is 1.12. The molecular formula is C25H45NO3. The maximum absolute atomic E-state index is 8.44. The fourth-order valence-corrected chi connectivity index (χ4v) is 2.14. The number of aliphatic hydroxyl groups is 2. The fourth-order valence-electron chi connectivity index (χ4n) is 2.14. The van der Waals surface area contributed by atoms with Gasteiger partial charge in [0.25, 0.3) is 0 Å². The van der Waals surface area contributed by atoms with Crippen LogP contribution in [0, 0.1) is 5.92 Å². The number of aliphatic hydroxyl groups excluding tert-OH is 2. The molecule has 4 nitrogen and oxygen atoms in total. The first kappa shape index (κ1) is 29.7. The van der Waals surface area contributed by atoms with Gasteiger partial charge >= 0.3 is 0 Å². The van der Waals surface area contributed by atoms with Crippen molar-refractivity contribution in [1.29, 1.82) is 0 Å². The summed E-state index contributed by atoms with van der Waals surface area (Å²) in [6, 6.07) is 9.89. The van der Waals surface area contributed by atoms with Crippen LogP contribution in [0.5, 0.6) is 0 Å². The first-order chi connectivity index (χ1) is 14.0. The highest BCUT2D eigenvalue weighted by Crippen LogP contribution is 2.05. The smallest absolute Gasteiger partial charge is 0.0647 e. The van der Waals surface area contributed by atoms with E-state index in [0.717, 1.165) is 37.7 Å². The summed E-state index contributed by atoms with van der Waals surface area (Å²) in [5.74, 6) is 0.834. The van der Waals surface area contributed by atoms with Crippen molar-refractivity contribution in [2.45, 2.75) is 46.5 Å². The molecule has 1 aromatic carbocycles. The second-order valence-corrected chi connectivity index (χ2v) is 7.41. The molecule has 0 amide bonds. The lowest BCUT2D eigenvalue weighted by atomic mass is 10.1. The highest BCUT2D eigenvalue weighted by Gasteiger charge is 1.93. The largest absolute Gasteiger partial charge is 0.396 e. The predicted octanol–water partition coefficient (Wildman–Crippen LogP) is 5.03. The van der Waals surface area contributed by atoms with Crippen LogP contribution < -0.4 is 0 Å². The van der Waals surface area contributed by atoms with E-state index in [9.17, 15) is 0 Å². The third-order valence-electron chi connectivity index (χ3n) is 3.75. The Labute approximate surface area is 179 Å². The van der Waals surface area contributed by atoms with Gasteiger partial charge in [0, 0.05) is 13.2 Å². The average molecular weight is 408 g/mol. The van der Waals surface area contributed by atoms with Gasteiger partial charge in [0.1, 0.15) is 0 Å². The zero-order chi connectivity index (χ0) is 22.2. The average Bonchev–Trinajstić information content (AvgIpc) is 2.71. The van der Waals surface area contributed by atoms with Crippen molar-refractivity contribution in [3.05, 3.63) is 54.1 Å². The van der Waals surface area contributed by atoms with Gasteiger partial charge in [-0.3, -0.25) is 0 Å². The predicted molar refractivity (Wildman–Crippen MR) is 127 cm³/mol. The lowest BCUT2D eigenvalue weighted by Crippen LogP contribution is -2.13. The van der Waals surface area contributed by atoms with Gasteiger partial charge in [-0.1, -0.05) is 81.3 Å². The molecule has 0 aromatic heterocycles. The number of unbranched alkanes of at least 4 members (excludes halogenated alkanes) is 1. The van der Waals surface area contributed by atoms with Crippen LogP contribution in [0.1, 0.15) is 52.0 Å². The SMILES string of the molecule is C/C=C/COCCCCC(C)C.CN(C)CCCO.OC/C=C/c1ccccc1. The fraction of sp³-hybridized carbons (Fsp3) is 0.600. The van der Waals surface area contributed by atoms with Gasteiger partial charge in [0.15, 0.2) is 0 Å². The Bertz CT molecular complexity index is 470. The normalized spacial score (nSPS) is 10.9. The standard InChI is InChI=1S/C11H22O.C9H10O.C5H13NO/c1-4-5-9-12-10-7-6-8-11(2)3;10-8-4-7-9-5-2-1-3-6-9;1-6(2)4-3-5-7/h4-5,11H,6-10H2,1-3H3;1-7,10H,8H2;7H,3-5H2,1-2H3/b5-4+;7-4+;. The van der Waals surface area contributed by atoms with Gasteiger partial charge in [-0.15, -0.1) is 0 Å². The van der Waals surface area contributed by atoms with E-state index in [0.29, 0.717) is 6.61 Å². The van der Waals surface area contributed by atoms with E-state index in [2.05, 4.69) is 18.7 Å². The van der Waals surface area contributed by atoms with Gasteiger partial charge in [-0.2, -0.15) is 0 Å². The zero-order valence-corrected chi connectivity index (χ0v) is 19.4. The summed E-state index contributed by atoms with van der Waals surface area (Å²) < 4.78 is 5.37. The molecule has 1 rings (SSSR count). The van der Waals surface area contributed by atoms with Gasteiger partial charge in [0.2, 0.25) is 0 Å². The summed E-state index contributed by atoms with van der Waals surface area (Å²) in [6.07, 6.45) is 12.4. The monoisotopic (exact) mass is 407 g/mol. The second-order valence-electron chi connectivity index (χ2n) is 7.41. The first-order valence-electron chi connectivity index (χ1n) is 10.7. The number of allylic oxidation sites excluding steroid dienone is 1. The molecule has 0 heterocycles. The number of nitrogens with zero attached hydrogens (tertiary/aromatic N) is 1. The quantitative estimate of drug-likeness (QED) is 0.377. The van der Waals surface area contributed by atoms with Crippen LogP contribution in [0.2, 0.25) is 0 Å². The molecule has 0 bridgehead atoms. The summed E-state index contributed by atoms with van der Waals surface area (Å²) in [6.45, 7) is 9.63. The number of hydrogen-bond donors (Lipinski definition) is 2. The summed E-state index contributed by atoms with van der Waals surface area (Å²) in [5, 5.41) is 16.7. The van der Waals surface area contributed by atoms with E-state index in [1.54, 1.807) is 6.08 Å². The van der Waals surface area contributed by atoms with Crippen molar-refractivity contribution in [2.75, 3.05) is 47.1 Å². The Balaban J connectivity index is 0. The molecule has 0 fully saturated rings. The molecule has 29 heavy (non-hydrogen) atoms. The molecule has 0 atom stereocenters. The van der Waals surface area contributed by atoms with Crippen LogP contribution in [-0.4, -0.2) is 62.2 Å². The zero-order valence-electron chi connectivity index (χ0n) is 19.4. The molecule has 0 aliphatic carbocycles. The van der Waals surface area contributed by atoms with Crippen LogP contribution >= 0.6 is 0 Å². The van der Waals surface area contributed by atoms with Crippen LogP contribution in [0.3, 0.4) is 0 Å². The highest BCUT2D eigenvalue weighted by molar-refractivity contribution is 5.48.